The van der Waals surface area contributed by atoms with E-state index in [2.05, 4.69) is 21.7 Å². The van der Waals surface area contributed by atoms with Crippen molar-refractivity contribution >= 4 is 0 Å². The van der Waals surface area contributed by atoms with Crippen LogP contribution in [0, 0.1) is 0 Å². The Bertz CT molecular complexity index is 273. The smallest absolute Gasteiger partial charge is 0.137 e. The van der Waals surface area contributed by atoms with E-state index in [-0.39, 0.29) is 0 Å². The lowest BCUT2D eigenvalue weighted by atomic mass is 10.1. The van der Waals surface area contributed by atoms with E-state index in [1.165, 1.54) is 12.8 Å². The summed E-state index contributed by atoms with van der Waals surface area (Å²) in [6, 6.07) is 0.658. The first-order valence-electron chi connectivity index (χ1n) is 4.96. The van der Waals surface area contributed by atoms with Crippen molar-refractivity contribution in [3.63, 3.8) is 0 Å². The molecule has 2 rings (SSSR count). The standard InChI is InChI=1S/C9H16N4/c1-2-7(5-10)9-12-11-6-13(9)8-3-4-8/h6-8H,2-5,10H2,1H3. The molecule has 1 aliphatic rings. The summed E-state index contributed by atoms with van der Waals surface area (Å²) in [4.78, 5) is 0. The predicted molar refractivity (Wildman–Crippen MR) is 50.4 cm³/mol. The Morgan fingerprint density at radius 1 is 1.69 bits per heavy atom. The predicted octanol–water partition coefficient (Wildman–Crippen LogP) is 1.07. The normalized spacial score (nSPS) is 18.9. The monoisotopic (exact) mass is 180 g/mol. The Morgan fingerprint density at radius 2 is 2.46 bits per heavy atom. The average molecular weight is 180 g/mol. The van der Waals surface area contributed by atoms with Gasteiger partial charge in [-0.05, 0) is 19.3 Å². The number of nitrogens with zero attached hydrogens (tertiary/aromatic N) is 3. The SMILES string of the molecule is CCC(CN)c1nncn1C1CC1. The van der Waals surface area contributed by atoms with E-state index in [9.17, 15) is 0 Å². The summed E-state index contributed by atoms with van der Waals surface area (Å²) < 4.78 is 2.20. The Morgan fingerprint density at radius 3 is 3.00 bits per heavy atom. The summed E-state index contributed by atoms with van der Waals surface area (Å²) >= 11 is 0. The van der Waals surface area contributed by atoms with Crippen molar-refractivity contribution < 1.29 is 0 Å². The van der Waals surface area contributed by atoms with E-state index >= 15 is 0 Å². The van der Waals surface area contributed by atoms with Crippen LogP contribution in [-0.2, 0) is 0 Å². The molecule has 0 radical (unpaired) electrons. The van der Waals surface area contributed by atoms with Gasteiger partial charge in [-0.15, -0.1) is 10.2 Å². The molecule has 1 atom stereocenters. The minimum atomic E-state index is 0.378. The van der Waals surface area contributed by atoms with Crippen molar-refractivity contribution in [1.29, 1.82) is 0 Å². The van der Waals surface area contributed by atoms with E-state index in [1.807, 2.05) is 6.33 Å². The fourth-order valence-corrected chi connectivity index (χ4v) is 1.63. The van der Waals surface area contributed by atoms with Gasteiger partial charge in [0.15, 0.2) is 0 Å². The first-order chi connectivity index (χ1) is 6.36. The summed E-state index contributed by atoms with van der Waals surface area (Å²) in [5.74, 6) is 1.45. The molecule has 0 saturated heterocycles. The molecular formula is C9H16N4. The van der Waals surface area contributed by atoms with Gasteiger partial charge in [0.1, 0.15) is 12.2 Å². The van der Waals surface area contributed by atoms with Crippen LogP contribution in [0.15, 0.2) is 6.33 Å². The maximum absolute atomic E-state index is 5.68. The molecule has 1 heterocycles. The molecule has 72 valence electrons. The van der Waals surface area contributed by atoms with Crippen LogP contribution in [0.25, 0.3) is 0 Å². The topological polar surface area (TPSA) is 56.7 Å². The van der Waals surface area contributed by atoms with E-state index in [0.717, 1.165) is 12.2 Å². The lowest BCUT2D eigenvalue weighted by Gasteiger charge is -2.12. The Kier molecular flexibility index (Phi) is 2.31. The van der Waals surface area contributed by atoms with Gasteiger partial charge in [0.2, 0.25) is 0 Å². The Hall–Kier alpha value is -0.900. The molecule has 13 heavy (non-hydrogen) atoms. The van der Waals surface area contributed by atoms with Crippen molar-refractivity contribution in [3.8, 4) is 0 Å². The molecule has 0 spiro atoms. The molecule has 1 aromatic rings. The van der Waals surface area contributed by atoms with Crippen LogP contribution in [-0.4, -0.2) is 21.3 Å². The van der Waals surface area contributed by atoms with Gasteiger partial charge in [0, 0.05) is 18.5 Å². The lowest BCUT2D eigenvalue weighted by molar-refractivity contribution is 0.571. The highest BCUT2D eigenvalue weighted by molar-refractivity contribution is 5.01. The Labute approximate surface area is 78.1 Å². The minimum absolute atomic E-state index is 0.378. The van der Waals surface area contributed by atoms with Crippen LogP contribution < -0.4 is 5.73 Å². The maximum Gasteiger partial charge on any atom is 0.137 e. The molecule has 1 saturated carbocycles. The van der Waals surface area contributed by atoms with Gasteiger partial charge in [-0.3, -0.25) is 0 Å². The molecule has 0 aromatic carbocycles. The highest BCUT2D eigenvalue weighted by Crippen LogP contribution is 2.36. The number of hydrogen-bond acceptors (Lipinski definition) is 3. The van der Waals surface area contributed by atoms with Gasteiger partial charge in [0.25, 0.3) is 0 Å². The van der Waals surface area contributed by atoms with Gasteiger partial charge < -0.3 is 10.3 Å². The average Bonchev–Trinajstić information content (AvgIpc) is 2.89. The van der Waals surface area contributed by atoms with Crippen LogP contribution in [0.4, 0.5) is 0 Å². The van der Waals surface area contributed by atoms with E-state index < -0.39 is 0 Å². The van der Waals surface area contributed by atoms with Gasteiger partial charge in [-0.2, -0.15) is 0 Å². The minimum Gasteiger partial charge on any atom is -0.330 e. The van der Waals surface area contributed by atoms with Crippen LogP contribution in [0.3, 0.4) is 0 Å². The Balaban J connectivity index is 2.21. The number of hydrogen-bond donors (Lipinski definition) is 1. The summed E-state index contributed by atoms with van der Waals surface area (Å²) in [6.45, 7) is 2.81. The first kappa shape index (κ1) is 8.69. The quantitative estimate of drug-likeness (QED) is 0.754. The molecular weight excluding hydrogens is 164 g/mol. The molecule has 1 aromatic heterocycles. The fourth-order valence-electron chi connectivity index (χ4n) is 1.63. The van der Waals surface area contributed by atoms with Crippen molar-refractivity contribution in [2.45, 2.75) is 38.1 Å². The first-order valence-corrected chi connectivity index (χ1v) is 4.96. The zero-order valence-electron chi connectivity index (χ0n) is 7.98. The molecule has 2 N–H and O–H groups in total. The largest absolute Gasteiger partial charge is 0.330 e. The molecule has 0 amide bonds. The second kappa shape index (κ2) is 3.46. The van der Waals surface area contributed by atoms with Crippen LogP contribution in [0.2, 0.25) is 0 Å². The number of aromatic nitrogens is 3. The summed E-state index contributed by atoms with van der Waals surface area (Å²) in [5, 5.41) is 8.11. The van der Waals surface area contributed by atoms with Crippen molar-refractivity contribution in [1.82, 2.24) is 14.8 Å². The van der Waals surface area contributed by atoms with Gasteiger partial charge >= 0.3 is 0 Å². The summed E-state index contributed by atoms with van der Waals surface area (Å²) in [7, 11) is 0. The maximum atomic E-state index is 5.68. The summed E-state index contributed by atoms with van der Waals surface area (Å²) in [6.07, 6.45) is 5.42. The van der Waals surface area contributed by atoms with Crippen molar-refractivity contribution in [2.75, 3.05) is 6.54 Å². The molecule has 4 nitrogen and oxygen atoms in total. The second-order valence-corrected chi connectivity index (χ2v) is 3.67. The van der Waals surface area contributed by atoms with E-state index in [4.69, 9.17) is 5.73 Å². The molecule has 0 bridgehead atoms. The molecule has 1 unspecified atom stereocenters. The third kappa shape index (κ3) is 1.58. The lowest BCUT2D eigenvalue weighted by Crippen LogP contribution is -2.16. The highest BCUT2D eigenvalue weighted by Gasteiger charge is 2.28. The molecule has 1 aliphatic carbocycles. The third-order valence-electron chi connectivity index (χ3n) is 2.68. The van der Waals surface area contributed by atoms with Crippen LogP contribution >= 0.6 is 0 Å². The third-order valence-corrected chi connectivity index (χ3v) is 2.68. The van der Waals surface area contributed by atoms with E-state index in [1.54, 1.807) is 0 Å². The molecule has 4 heteroatoms. The number of nitrogens with two attached hydrogens (primary N) is 1. The summed E-state index contributed by atoms with van der Waals surface area (Å²) in [5.41, 5.74) is 5.68. The molecule has 0 aliphatic heterocycles. The zero-order chi connectivity index (χ0) is 9.26. The van der Waals surface area contributed by atoms with Crippen LogP contribution in [0.5, 0.6) is 0 Å². The van der Waals surface area contributed by atoms with Gasteiger partial charge in [0.05, 0.1) is 0 Å². The highest BCUT2D eigenvalue weighted by atomic mass is 15.3. The fraction of sp³-hybridized carbons (Fsp3) is 0.778. The zero-order valence-corrected chi connectivity index (χ0v) is 7.98. The van der Waals surface area contributed by atoms with Gasteiger partial charge in [-0.1, -0.05) is 6.92 Å². The van der Waals surface area contributed by atoms with Crippen molar-refractivity contribution in [2.24, 2.45) is 5.73 Å². The van der Waals surface area contributed by atoms with Crippen LogP contribution in [0.1, 0.15) is 44.0 Å². The van der Waals surface area contributed by atoms with E-state index in [0.29, 0.717) is 18.5 Å². The number of rotatable bonds is 4. The van der Waals surface area contributed by atoms with Crippen molar-refractivity contribution in [3.05, 3.63) is 12.2 Å². The second-order valence-electron chi connectivity index (χ2n) is 3.67. The molecule has 1 fully saturated rings. The van der Waals surface area contributed by atoms with Gasteiger partial charge in [-0.25, -0.2) is 0 Å².